The molecule has 2 aliphatic heterocycles. The molecule has 1 amide bonds. The highest BCUT2D eigenvalue weighted by molar-refractivity contribution is 5.77. The first-order chi connectivity index (χ1) is 14.7. The van der Waals surface area contributed by atoms with E-state index < -0.39 is 0 Å². The average Bonchev–Trinajstić information content (AvgIpc) is 2.79. The first-order valence-corrected chi connectivity index (χ1v) is 10.9. The van der Waals surface area contributed by atoms with Crippen LogP contribution in [-0.4, -0.2) is 55.6 Å². The highest BCUT2D eigenvalue weighted by Gasteiger charge is 2.38. The van der Waals surface area contributed by atoms with Gasteiger partial charge in [-0.3, -0.25) is 9.69 Å². The maximum Gasteiger partial charge on any atom is 0.222 e. The maximum absolute atomic E-state index is 12.7. The molecule has 0 bridgehead atoms. The molecule has 0 aliphatic carbocycles. The summed E-state index contributed by atoms with van der Waals surface area (Å²) in [5, 5.41) is 0. The van der Waals surface area contributed by atoms with Crippen molar-refractivity contribution in [1.29, 1.82) is 0 Å². The molecule has 5 heteroatoms. The summed E-state index contributed by atoms with van der Waals surface area (Å²) in [6.07, 6.45) is 3.66. The zero-order valence-corrected chi connectivity index (χ0v) is 18.0. The van der Waals surface area contributed by atoms with Gasteiger partial charge in [-0.25, -0.2) is 0 Å². The third-order valence-corrected chi connectivity index (χ3v) is 6.59. The molecule has 2 aliphatic rings. The van der Waals surface area contributed by atoms with E-state index in [1.807, 2.05) is 24.3 Å². The molecule has 0 N–H and O–H groups in total. The number of hydrogen-bond donors (Lipinski definition) is 0. The van der Waals surface area contributed by atoms with Crippen LogP contribution in [0.3, 0.4) is 0 Å². The minimum Gasteiger partial charge on any atom is -0.497 e. The zero-order valence-electron chi connectivity index (χ0n) is 18.0. The fourth-order valence-corrected chi connectivity index (χ4v) is 4.89. The second-order valence-corrected chi connectivity index (χ2v) is 8.42. The van der Waals surface area contributed by atoms with Gasteiger partial charge >= 0.3 is 0 Å². The summed E-state index contributed by atoms with van der Waals surface area (Å²) in [5.74, 6) is 2.67. The number of ether oxygens (including phenoxy) is 2. The third kappa shape index (κ3) is 4.78. The van der Waals surface area contributed by atoms with Gasteiger partial charge in [0.25, 0.3) is 0 Å². The predicted octanol–water partition coefficient (Wildman–Crippen LogP) is 3.76. The molecule has 2 fully saturated rings. The van der Waals surface area contributed by atoms with E-state index in [1.165, 1.54) is 11.1 Å². The molecule has 160 valence electrons. The lowest BCUT2D eigenvalue weighted by atomic mass is 9.83. The van der Waals surface area contributed by atoms with Crippen molar-refractivity contribution in [1.82, 2.24) is 9.80 Å². The molecule has 4 rings (SSSR count). The van der Waals surface area contributed by atoms with Crippen molar-refractivity contribution in [3.05, 3.63) is 59.7 Å². The lowest BCUT2D eigenvalue weighted by Crippen LogP contribution is -2.56. The Kier molecular flexibility index (Phi) is 6.58. The minimum atomic E-state index is 0.327. The van der Waals surface area contributed by atoms with Crippen molar-refractivity contribution in [3.8, 4) is 11.5 Å². The van der Waals surface area contributed by atoms with E-state index in [0.29, 0.717) is 24.3 Å². The Morgan fingerprint density at radius 1 is 0.900 bits per heavy atom. The van der Waals surface area contributed by atoms with Crippen LogP contribution in [-0.2, 0) is 17.8 Å². The van der Waals surface area contributed by atoms with Crippen LogP contribution < -0.4 is 9.47 Å². The van der Waals surface area contributed by atoms with Gasteiger partial charge in [-0.15, -0.1) is 0 Å². The largest absolute Gasteiger partial charge is 0.497 e. The van der Waals surface area contributed by atoms with Crippen LogP contribution in [0, 0.1) is 5.92 Å². The summed E-state index contributed by atoms with van der Waals surface area (Å²) >= 11 is 0. The Bertz CT molecular complexity index is 834. The third-order valence-electron chi connectivity index (χ3n) is 6.59. The second kappa shape index (κ2) is 9.52. The first kappa shape index (κ1) is 20.7. The van der Waals surface area contributed by atoms with Gasteiger partial charge in [-0.2, -0.15) is 0 Å². The Morgan fingerprint density at radius 3 is 2.17 bits per heavy atom. The number of hydrogen-bond acceptors (Lipinski definition) is 4. The number of rotatable bonds is 7. The summed E-state index contributed by atoms with van der Waals surface area (Å²) in [7, 11) is 3.38. The number of fused-ring (bicyclic) bond motifs is 1. The van der Waals surface area contributed by atoms with E-state index in [-0.39, 0.29) is 0 Å². The number of piperidine rings is 2. The van der Waals surface area contributed by atoms with Gasteiger partial charge in [-0.05, 0) is 60.6 Å². The van der Waals surface area contributed by atoms with Crippen LogP contribution >= 0.6 is 0 Å². The molecule has 0 spiro atoms. The molecule has 0 unspecified atom stereocenters. The molecule has 2 aromatic rings. The van der Waals surface area contributed by atoms with Crippen LogP contribution in [0.4, 0.5) is 0 Å². The highest BCUT2D eigenvalue weighted by atomic mass is 16.5. The molecular weight excluding hydrogens is 376 g/mol. The SMILES string of the molecule is COc1ccc(CCN2C(=O)CC[C@@H]3CN(Cc4ccc(OC)cc4)CC[C@@H]32)cc1. The maximum atomic E-state index is 12.7. The molecule has 30 heavy (non-hydrogen) atoms. The van der Waals surface area contributed by atoms with E-state index in [1.54, 1.807) is 14.2 Å². The van der Waals surface area contributed by atoms with Crippen LogP contribution in [0.5, 0.6) is 11.5 Å². The van der Waals surface area contributed by atoms with Crippen LogP contribution in [0.25, 0.3) is 0 Å². The number of benzene rings is 2. The second-order valence-electron chi connectivity index (χ2n) is 8.42. The van der Waals surface area contributed by atoms with E-state index in [4.69, 9.17) is 9.47 Å². The van der Waals surface area contributed by atoms with Crippen molar-refractivity contribution in [2.75, 3.05) is 33.9 Å². The molecule has 5 nitrogen and oxygen atoms in total. The van der Waals surface area contributed by atoms with Gasteiger partial charge in [-0.1, -0.05) is 24.3 Å². The van der Waals surface area contributed by atoms with Gasteiger partial charge < -0.3 is 14.4 Å². The number of methoxy groups -OCH3 is 2. The number of amides is 1. The van der Waals surface area contributed by atoms with E-state index in [2.05, 4.69) is 34.1 Å². The molecule has 0 saturated carbocycles. The summed E-state index contributed by atoms with van der Waals surface area (Å²) in [6, 6.07) is 16.9. The van der Waals surface area contributed by atoms with Gasteiger partial charge in [0.2, 0.25) is 5.91 Å². The van der Waals surface area contributed by atoms with Gasteiger partial charge in [0.1, 0.15) is 11.5 Å². The van der Waals surface area contributed by atoms with Crippen LogP contribution in [0.15, 0.2) is 48.5 Å². The van der Waals surface area contributed by atoms with Crippen molar-refractivity contribution in [2.45, 2.75) is 38.3 Å². The van der Waals surface area contributed by atoms with Gasteiger partial charge in [0, 0.05) is 38.6 Å². The van der Waals surface area contributed by atoms with Gasteiger partial charge in [0.15, 0.2) is 0 Å². The Morgan fingerprint density at radius 2 is 1.53 bits per heavy atom. The molecule has 2 aromatic carbocycles. The van der Waals surface area contributed by atoms with E-state index >= 15 is 0 Å². The summed E-state index contributed by atoms with van der Waals surface area (Å²) in [6.45, 7) is 3.89. The standard InChI is InChI=1S/C25H32N2O3/c1-29-22-8-3-19(4-9-22)13-16-27-24-14-15-26(18-21(24)7-12-25(27)28)17-20-5-10-23(30-2)11-6-20/h3-6,8-11,21,24H,7,12-18H2,1-2H3/t21-,24+/m1/s1. The number of carbonyl (C=O) groups excluding carboxylic acids is 1. The lowest BCUT2D eigenvalue weighted by Gasteiger charge is -2.47. The first-order valence-electron chi connectivity index (χ1n) is 10.9. The van der Waals surface area contributed by atoms with Crippen molar-refractivity contribution >= 4 is 5.91 Å². The van der Waals surface area contributed by atoms with Crippen molar-refractivity contribution in [2.24, 2.45) is 5.92 Å². The molecule has 2 atom stereocenters. The quantitative estimate of drug-likeness (QED) is 0.700. The van der Waals surface area contributed by atoms with Crippen LogP contribution in [0.2, 0.25) is 0 Å². The average molecular weight is 409 g/mol. The summed E-state index contributed by atoms with van der Waals surface area (Å²) in [5.41, 5.74) is 2.57. The van der Waals surface area contributed by atoms with Crippen molar-refractivity contribution < 1.29 is 14.3 Å². The topological polar surface area (TPSA) is 42.0 Å². The number of carbonyl (C=O) groups is 1. The normalized spacial score (nSPS) is 21.9. The summed E-state index contributed by atoms with van der Waals surface area (Å²) < 4.78 is 10.5. The molecular formula is C25H32N2O3. The Balaban J connectivity index is 1.34. The van der Waals surface area contributed by atoms with Crippen LogP contribution in [0.1, 0.15) is 30.4 Å². The van der Waals surface area contributed by atoms with Crippen molar-refractivity contribution in [3.63, 3.8) is 0 Å². The zero-order chi connectivity index (χ0) is 20.9. The van der Waals surface area contributed by atoms with Gasteiger partial charge in [0.05, 0.1) is 14.2 Å². The smallest absolute Gasteiger partial charge is 0.222 e. The molecule has 0 radical (unpaired) electrons. The number of likely N-dealkylation sites (tertiary alicyclic amines) is 2. The molecule has 2 saturated heterocycles. The predicted molar refractivity (Wildman–Crippen MR) is 118 cm³/mol. The Labute approximate surface area is 179 Å². The number of nitrogens with zero attached hydrogens (tertiary/aromatic N) is 2. The lowest BCUT2D eigenvalue weighted by molar-refractivity contribution is -0.141. The molecule has 0 aromatic heterocycles. The monoisotopic (exact) mass is 408 g/mol. The fraction of sp³-hybridized carbons (Fsp3) is 0.480. The highest BCUT2D eigenvalue weighted by Crippen LogP contribution is 2.32. The summed E-state index contributed by atoms with van der Waals surface area (Å²) in [4.78, 5) is 17.4. The van der Waals surface area contributed by atoms with E-state index in [9.17, 15) is 4.79 Å². The fourth-order valence-electron chi connectivity index (χ4n) is 4.89. The Hall–Kier alpha value is -2.53. The molecule has 2 heterocycles. The van der Waals surface area contributed by atoms with E-state index in [0.717, 1.165) is 56.9 Å². The minimum absolute atomic E-state index is 0.327.